The molecule has 4 atom stereocenters. The molecule has 0 saturated heterocycles. The molecule has 182 valence electrons. The van der Waals surface area contributed by atoms with Crippen molar-refractivity contribution in [2.24, 2.45) is 5.92 Å². The maximum absolute atomic E-state index is 13.8. The summed E-state index contributed by atoms with van der Waals surface area (Å²) < 4.78 is 12.5. The summed E-state index contributed by atoms with van der Waals surface area (Å²) in [6, 6.07) is 5.46. The van der Waals surface area contributed by atoms with E-state index in [-0.39, 0.29) is 36.7 Å². The Kier molecular flexibility index (Phi) is 10.3. The first-order valence-electron chi connectivity index (χ1n) is 11.8. The van der Waals surface area contributed by atoms with Crippen LogP contribution in [0.2, 0.25) is 0 Å². The molecule has 0 aliphatic carbocycles. The molecule has 1 aliphatic rings. The largest absolute Gasteiger partial charge is 0.490 e. The van der Waals surface area contributed by atoms with Crippen LogP contribution in [0.4, 0.5) is 5.69 Å². The van der Waals surface area contributed by atoms with Gasteiger partial charge in [0.2, 0.25) is 0 Å². The first kappa shape index (κ1) is 26.4. The monoisotopic (exact) mass is 449 g/mol. The van der Waals surface area contributed by atoms with E-state index in [4.69, 9.17) is 9.47 Å². The minimum atomic E-state index is -0.314. The summed E-state index contributed by atoms with van der Waals surface area (Å²) in [7, 11) is 7.99. The summed E-state index contributed by atoms with van der Waals surface area (Å²) in [5, 5.41) is 9.93. The molecule has 7 heteroatoms. The Labute approximate surface area is 194 Å². The summed E-state index contributed by atoms with van der Waals surface area (Å²) in [6.45, 7) is 7.94. The van der Waals surface area contributed by atoms with Crippen LogP contribution in [0.15, 0.2) is 18.2 Å². The Morgan fingerprint density at radius 2 is 1.91 bits per heavy atom. The van der Waals surface area contributed by atoms with Crippen molar-refractivity contribution in [2.45, 2.75) is 58.3 Å². The Balaban J connectivity index is 2.48. The van der Waals surface area contributed by atoms with Crippen LogP contribution in [0, 0.1) is 5.92 Å². The van der Waals surface area contributed by atoms with Gasteiger partial charge in [-0.3, -0.25) is 4.79 Å². The van der Waals surface area contributed by atoms with Crippen LogP contribution >= 0.6 is 0 Å². The van der Waals surface area contributed by atoms with Gasteiger partial charge in [-0.1, -0.05) is 6.92 Å². The van der Waals surface area contributed by atoms with Crippen molar-refractivity contribution in [3.05, 3.63) is 23.8 Å². The first-order chi connectivity index (χ1) is 15.1. The van der Waals surface area contributed by atoms with Gasteiger partial charge in [0, 0.05) is 45.4 Å². The highest BCUT2D eigenvalue weighted by atomic mass is 16.5. The zero-order chi connectivity index (χ0) is 23.8. The Bertz CT molecular complexity index is 725. The average Bonchev–Trinajstić information content (AvgIpc) is 2.74. The van der Waals surface area contributed by atoms with Gasteiger partial charge in [0.05, 0.1) is 30.4 Å². The number of carbonyl (C=O) groups excluding carboxylic acids is 1. The lowest BCUT2D eigenvalue weighted by Gasteiger charge is -2.35. The predicted octanol–water partition coefficient (Wildman–Crippen LogP) is 3.11. The number of nitrogens with zero attached hydrogens (tertiary/aromatic N) is 3. The fourth-order valence-corrected chi connectivity index (χ4v) is 4.01. The van der Waals surface area contributed by atoms with E-state index in [1.165, 1.54) is 0 Å². The van der Waals surface area contributed by atoms with Crippen LogP contribution in [0.1, 0.15) is 50.4 Å². The Morgan fingerprint density at radius 3 is 2.53 bits per heavy atom. The third kappa shape index (κ3) is 7.36. The van der Waals surface area contributed by atoms with E-state index in [1.54, 1.807) is 4.90 Å². The number of likely N-dealkylation sites (N-methyl/N-ethyl adjacent to an activating group) is 1. The molecule has 2 rings (SSSR count). The number of hydrogen-bond acceptors (Lipinski definition) is 6. The Morgan fingerprint density at radius 1 is 1.19 bits per heavy atom. The Hall–Kier alpha value is -1.83. The molecule has 7 nitrogen and oxygen atoms in total. The number of rotatable bonds is 5. The number of amides is 1. The summed E-state index contributed by atoms with van der Waals surface area (Å²) in [5.74, 6) is 0.595. The van der Waals surface area contributed by atoms with E-state index in [2.05, 4.69) is 11.8 Å². The molecular formula is C25H43N3O4. The molecule has 1 N–H and O–H groups in total. The fraction of sp³-hybridized carbons (Fsp3) is 0.720. The number of aliphatic hydroxyl groups is 1. The van der Waals surface area contributed by atoms with Crippen molar-refractivity contribution >= 4 is 11.6 Å². The fourth-order valence-electron chi connectivity index (χ4n) is 4.01. The standard InChI is InChI=1S/C25H43N3O4/c1-18-15-28(19(2)17-29)25(30)22-14-21(27(6)7)11-12-23(22)32-20(3)10-8-9-13-31-24(18)16-26(4)5/h11-12,14,18-20,24,29H,8-10,13,15-17H2,1-7H3/t18-,19+,20+,24-/m1/s1. The van der Waals surface area contributed by atoms with E-state index in [0.29, 0.717) is 24.5 Å². The molecule has 0 bridgehead atoms. The topological polar surface area (TPSA) is 65.5 Å². The molecule has 0 radical (unpaired) electrons. The first-order valence-corrected chi connectivity index (χ1v) is 11.8. The van der Waals surface area contributed by atoms with Gasteiger partial charge in [-0.05, 0) is 65.4 Å². The molecule has 32 heavy (non-hydrogen) atoms. The van der Waals surface area contributed by atoms with Crippen molar-refractivity contribution in [3.63, 3.8) is 0 Å². The second-order valence-electron chi connectivity index (χ2n) is 9.64. The number of hydrogen-bond donors (Lipinski definition) is 1. The third-order valence-corrected chi connectivity index (χ3v) is 6.10. The lowest BCUT2D eigenvalue weighted by Crippen LogP contribution is -2.47. The number of aliphatic hydroxyl groups excluding tert-OH is 1. The number of carbonyl (C=O) groups is 1. The second kappa shape index (κ2) is 12.4. The van der Waals surface area contributed by atoms with Crippen LogP contribution in [0.25, 0.3) is 0 Å². The highest BCUT2D eigenvalue weighted by Gasteiger charge is 2.30. The van der Waals surface area contributed by atoms with Crippen molar-refractivity contribution in [1.29, 1.82) is 0 Å². The van der Waals surface area contributed by atoms with Crippen LogP contribution < -0.4 is 9.64 Å². The van der Waals surface area contributed by atoms with Crippen molar-refractivity contribution < 1.29 is 19.4 Å². The van der Waals surface area contributed by atoms with Gasteiger partial charge >= 0.3 is 0 Å². The average molecular weight is 450 g/mol. The molecule has 1 heterocycles. The maximum Gasteiger partial charge on any atom is 0.258 e. The van der Waals surface area contributed by atoms with E-state index in [9.17, 15) is 9.90 Å². The highest BCUT2D eigenvalue weighted by molar-refractivity contribution is 5.98. The maximum atomic E-state index is 13.8. The van der Waals surface area contributed by atoms with Gasteiger partial charge in [0.25, 0.3) is 5.91 Å². The highest BCUT2D eigenvalue weighted by Crippen LogP contribution is 2.29. The molecule has 0 aromatic heterocycles. The van der Waals surface area contributed by atoms with Crippen molar-refractivity contribution in [3.8, 4) is 5.75 Å². The van der Waals surface area contributed by atoms with Crippen LogP contribution in [0.3, 0.4) is 0 Å². The number of ether oxygens (including phenoxy) is 2. The van der Waals surface area contributed by atoms with Crippen molar-refractivity contribution in [2.75, 3.05) is 59.4 Å². The summed E-state index contributed by atoms with van der Waals surface area (Å²) >= 11 is 0. The third-order valence-electron chi connectivity index (χ3n) is 6.10. The molecular weight excluding hydrogens is 406 g/mol. The molecule has 1 amide bonds. The second-order valence-corrected chi connectivity index (χ2v) is 9.64. The van der Waals surface area contributed by atoms with Gasteiger partial charge in [-0.25, -0.2) is 0 Å². The van der Waals surface area contributed by atoms with Crippen molar-refractivity contribution in [1.82, 2.24) is 9.80 Å². The van der Waals surface area contributed by atoms with E-state index < -0.39 is 0 Å². The lowest BCUT2D eigenvalue weighted by molar-refractivity contribution is -0.0137. The number of benzene rings is 1. The minimum absolute atomic E-state index is 0.00472. The number of anilines is 1. The summed E-state index contributed by atoms with van der Waals surface area (Å²) in [4.78, 5) is 19.7. The van der Waals surface area contributed by atoms with E-state index >= 15 is 0 Å². The smallest absolute Gasteiger partial charge is 0.258 e. The molecule has 0 saturated carbocycles. The van der Waals surface area contributed by atoms with Gasteiger partial charge in [0.1, 0.15) is 5.75 Å². The van der Waals surface area contributed by atoms with Gasteiger partial charge in [0.15, 0.2) is 0 Å². The SMILES string of the molecule is C[C@@H]1CN([C@@H](C)CO)C(=O)c2cc(N(C)C)ccc2O[C@@H](C)CCCCO[C@@H]1CN(C)C. The molecule has 1 aromatic rings. The summed E-state index contributed by atoms with van der Waals surface area (Å²) in [5.41, 5.74) is 1.48. The van der Waals surface area contributed by atoms with Gasteiger partial charge in [-0.2, -0.15) is 0 Å². The quantitative estimate of drug-likeness (QED) is 0.745. The molecule has 0 fully saturated rings. The van der Waals surface area contributed by atoms with E-state index in [0.717, 1.165) is 31.5 Å². The molecule has 0 unspecified atom stereocenters. The zero-order valence-corrected chi connectivity index (χ0v) is 21.0. The molecule has 1 aromatic carbocycles. The summed E-state index contributed by atoms with van der Waals surface area (Å²) in [6.07, 6.45) is 2.89. The van der Waals surface area contributed by atoms with E-state index in [1.807, 2.05) is 65.1 Å². The van der Waals surface area contributed by atoms with Crippen LogP contribution in [-0.4, -0.2) is 93.6 Å². The van der Waals surface area contributed by atoms with Gasteiger partial charge < -0.3 is 29.3 Å². The lowest BCUT2D eigenvalue weighted by atomic mass is 10.0. The predicted molar refractivity (Wildman–Crippen MR) is 130 cm³/mol. The normalized spacial score (nSPS) is 24.5. The molecule has 1 aliphatic heterocycles. The van der Waals surface area contributed by atoms with Crippen LogP contribution in [-0.2, 0) is 4.74 Å². The zero-order valence-electron chi connectivity index (χ0n) is 21.0. The number of fused-ring (bicyclic) bond motifs is 1. The van der Waals surface area contributed by atoms with Gasteiger partial charge in [-0.15, -0.1) is 0 Å². The van der Waals surface area contributed by atoms with Crippen LogP contribution in [0.5, 0.6) is 5.75 Å². The molecule has 0 spiro atoms. The minimum Gasteiger partial charge on any atom is -0.490 e.